The minimum atomic E-state index is -0.456. The van der Waals surface area contributed by atoms with E-state index in [1.54, 1.807) is 6.07 Å². The molecule has 0 spiro atoms. The second kappa shape index (κ2) is 4.62. The zero-order chi connectivity index (χ0) is 10.8. The van der Waals surface area contributed by atoms with Crippen LogP contribution in [0.2, 0.25) is 0 Å². The van der Waals surface area contributed by atoms with Crippen LogP contribution in [0.15, 0.2) is 22.7 Å². The molecule has 2 rings (SSSR count). The van der Waals surface area contributed by atoms with Gasteiger partial charge in [0, 0.05) is 4.47 Å². The summed E-state index contributed by atoms with van der Waals surface area (Å²) in [4.78, 5) is 0. The van der Waals surface area contributed by atoms with Crippen LogP contribution >= 0.6 is 15.9 Å². The van der Waals surface area contributed by atoms with E-state index in [1.807, 2.05) is 0 Å². The molecule has 0 heterocycles. The Hall–Kier alpha value is -0.410. The van der Waals surface area contributed by atoms with Gasteiger partial charge >= 0.3 is 0 Å². The summed E-state index contributed by atoms with van der Waals surface area (Å²) in [7, 11) is 0. The second-order valence-corrected chi connectivity index (χ2v) is 5.01. The van der Waals surface area contributed by atoms with Gasteiger partial charge in [-0.3, -0.25) is 0 Å². The Labute approximate surface area is 97.4 Å². The molecule has 1 aromatic rings. The minimum Gasteiger partial charge on any atom is -0.388 e. The third kappa shape index (κ3) is 2.40. The molecule has 0 aromatic heterocycles. The van der Waals surface area contributed by atoms with Gasteiger partial charge < -0.3 is 5.11 Å². The summed E-state index contributed by atoms with van der Waals surface area (Å²) in [6.45, 7) is 0. The van der Waals surface area contributed by atoms with Crippen LogP contribution in [0.4, 0.5) is 4.39 Å². The van der Waals surface area contributed by atoms with Gasteiger partial charge in [-0.2, -0.15) is 0 Å². The van der Waals surface area contributed by atoms with E-state index in [2.05, 4.69) is 15.9 Å². The van der Waals surface area contributed by atoms with Crippen LogP contribution in [0, 0.1) is 11.7 Å². The van der Waals surface area contributed by atoms with Crippen molar-refractivity contribution < 1.29 is 9.50 Å². The van der Waals surface area contributed by atoms with Gasteiger partial charge in [0.15, 0.2) is 0 Å². The van der Waals surface area contributed by atoms with Crippen molar-refractivity contribution >= 4 is 15.9 Å². The van der Waals surface area contributed by atoms with Crippen LogP contribution in [0.3, 0.4) is 0 Å². The Morgan fingerprint density at radius 2 is 2.00 bits per heavy atom. The van der Waals surface area contributed by atoms with Gasteiger partial charge in [0.25, 0.3) is 0 Å². The van der Waals surface area contributed by atoms with Crippen molar-refractivity contribution in [1.82, 2.24) is 0 Å². The van der Waals surface area contributed by atoms with E-state index in [0.717, 1.165) is 18.4 Å². The normalized spacial score (nSPS) is 19.4. The van der Waals surface area contributed by atoms with Crippen LogP contribution in [-0.2, 0) is 0 Å². The van der Waals surface area contributed by atoms with Gasteiger partial charge in [-0.1, -0.05) is 34.8 Å². The van der Waals surface area contributed by atoms with Crippen molar-refractivity contribution in [2.24, 2.45) is 5.92 Å². The van der Waals surface area contributed by atoms with E-state index in [1.165, 1.54) is 25.0 Å². The molecule has 1 fully saturated rings. The predicted molar refractivity (Wildman–Crippen MR) is 61.0 cm³/mol. The average Bonchev–Trinajstić information content (AvgIpc) is 2.69. The largest absolute Gasteiger partial charge is 0.388 e. The fraction of sp³-hybridized carbons (Fsp3) is 0.500. The summed E-state index contributed by atoms with van der Waals surface area (Å²) in [5, 5.41) is 10.1. The first-order chi connectivity index (χ1) is 7.18. The Morgan fingerprint density at radius 1 is 1.33 bits per heavy atom. The SMILES string of the molecule is O[C@@H](c1ccc(F)cc1Br)C1CCCC1. The third-order valence-corrected chi connectivity index (χ3v) is 3.81. The maximum atomic E-state index is 12.9. The van der Waals surface area contributed by atoms with Crippen LogP contribution < -0.4 is 0 Å². The maximum absolute atomic E-state index is 12.9. The highest BCUT2D eigenvalue weighted by atomic mass is 79.9. The molecule has 1 nitrogen and oxygen atoms in total. The zero-order valence-corrected chi connectivity index (χ0v) is 10.0. The van der Waals surface area contributed by atoms with Crippen molar-refractivity contribution in [2.45, 2.75) is 31.8 Å². The smallest absolute Gasteiger partial charge is 0.124 e. The third-order valence-electron chi connectivity index (χ3n) is 3.13. The van der Waals surface area contributed by atoms with E-state index in [-0.39, 0.29) is 5.82 Å². The Bertz CT molecular complexity index is 347. The number of aliphatic hydroxyl groups excluding tert-OH is 1. The number of halogens is 2. The minimum absolute atomic E-state index is 0.274. The number of aliphatic hydroxyl groups is 1. The number of hydrogen-bond acceptors (Lipinski definition) is 1. The first kappa shape index (κ1) is 11.1. The topological polar surface area (TPSA) is 20.2 Å². The van der Waals surface area contributed by atoms with Crippen molar-refractivity contribution in [3.63, 3.8) is 0 Å². The summed E-state index contributed by atoms with van der Waals surface area (Å²) >= 11 is 3.29. The van der Waals surface area contributed by atoms with E-state index in [4.69, 9.17) is 0 Å². The summed E-state index contributed by atoms with van der Waals surface area (Å²) in [5.41, 5.74) is 0.809. The quantitative estimate of drug-likeness (QED) is 0.868. The molecule has 1 N–H and O–H groups in total. The van der Waals surface area contributed by atoms with Gasteiger partial charge in [-0.25, -0.2) is 4.39 Å². The lowest BCUT2D eigenvalue weighted by Crippen LogP contribution is -2.09. The Balaban J connectivity index is 2.20. The van der Waals surface area contributed by atoms with Crippen LogP contribution in [-0.4, -0.2) is 5.11 Å². The van der Waals surface area contributed by atoms with Gasteiger partial charge in [0.05, 0.1) is 6.10 Å². The molecule has 3 heteroatoms. The molecule has 1 atom stereocenters. The van der Waals surface area contributed by atoms with Crippen molar-refractivity contribution in [3.05, 3.63) is 34.1 Å². The standard InChI is InChI=1S/C12H14BrFO/c13-11-7-9(14)5-6-10(11)12(15)8-3-1-2-4-8/h5-8,12,15H,1-4H2/t12-/m1/s1. The molecule has 15 heavy (non-hydrogen) atoms. The Kier molecular flexibility index (Phi) is 3.42. The fourth-order valence-electron chi connectivity index (χ4n) is 2.27. The Morgan fingerprint density at radius 3 is 2.60 bits per heavy atom. The number of hydrogen-bond donors (Lipinski definition) is 1. The molecule has 1 saturated carbocycles. The summed E-state index contributed by atoms with van der Waals surface area (Å²) < 4.78 is 13.5. The lowest BCUT2D eigenvalue weighted by Gasteiger charge is -2.19. The highest BCUT2D eigenvalue weighted by Crippen LogP contribution is 2.38. The molecule has 0 amide bonds. The molecule has 0 radical (unpaired) electrons. The predicted octanol–water partition coefficient (Wildman–Crippen LogP) is 3.81. The molecule has 0 saturated heterocycles. The van der Waals surface area contributed by atoms with Crippen molar-refractivity contribution in [2.75, 3.05) is 0 Å². The van der Waals surface area contributed by atoms with Gasteiger partial charge in [-0.15, -0.1) is 0 Å². The van der Waals surface area contributed by atoms with Crippen LogP contribution in [0.5, 0.6) is 0 Å². The molecular weight excluding hydrogens is 259 g/mol. The van der Waals surface area contributed by atoms with E-state index < -0.39 is 6.10 Å². The van der Waals surface area contributed by atoms with E-state index in [9.17, 15) is 9.50 Å². The first-order valence-electron chi connectivity index (χ1n) is 5.31. The summed E-state index contributed by atoms with van der Waals surface area (Å²) in [5.74, 6) is 0.0657. The highest BCUT2D eigenvalue weighted by molar-refractivity contribution is 9.10. The molecule has 82 valence electrons. The van der Waals surface area contributed by atoms with Crippen molar-refractivity contribution in [3.8, 4) is 0 Å². The van der Waals surface area contributed by atoms with Crippen molar-refractivity contribution in [1.29, 1.82) is 0 Å². The molecule has 0 bridgehead atoms. The molecule has 1 aromatic carbocycles. The van der Waals surface area contributed by atoms with E-state index in [0.29, 0.717) is 10.4 Å². The summed E-state index contributed by atoms with van der Waals surface area (Å²) in [6.07, 6.45) is 4.08. The monoisotopic (exact) mass is 272 g/mol. The molecule has 0 unspecified atom stereocenters. The fourth-order valence-corrected chi connectivity index (χ4v) is 2.85. The van der Waals surface area contributed by atoms with E-state index >= 15 is 0 Å². The molecule has 0 aliphatic heterocycles. The molecular formula is C12H14BrFO. The lowest BCUT2D eigenvalue weighted by atomic mass is 9.94. The van der Waals surface area contributed by atoms with Gasteiger partial charge in [0.2, 0.25) is 0 Å². The zero-order valence-electron chi connectivity index (χ0n) is 8.42. The number of benzene rings is 1. The average molecular weight is 273 g/mol. The second-order valence-electron chi connectivity index (χ2n) is 4.16. The van der Waals surface area contributed by atoms with Crippen LogP contribution in [0.1, 0.15) is 37.4 Å². The van der Waals surface area contributed by atoms with Crippen LogP contribution in [0.25, 0.3) is 0 Å². The number of rotatable bonds is 2. The van der Waals surface area contributed by atoms with Gasteiger partial charge in [0.1, 0.15) is 5.82 Å². The summed E-state index contributed by atoms with van der Waals surface area (Å²) in [6, 6.07) is 4.48. The molecule has 1 aliphatic rings. The highest BCUT2D eigenvalue weighted by Gasteiger charge is 2.25. The van der Waals surface area contributed by atoms with Gasteiger partial charge in [-0.05, 0) is 36.5 Å². The lowest BCUT2D eigenvalue weighted by molar-refractivity contribution is 0.111. The maximum Gasteiger partial charge on any atom is 0.124 e. The molecule has 1 aliphatic carbocycles. The first-order valence-corrected chi connectivity index (χ1v) is 6.11.